The molecule has 1 fully saturated rings. The van der Waals surface area contributed by atoms with Crippen molar-refractivity contribution in [1.29, 1.82) is 0 Å². The smallest absolute Gasteiger partial charge is 0.248 e. The third kappa shape index (κ3) is 4.09. The Hall–Kier alpha value is -3.12. The lowest BCUT2D eigenvalue weighted by atomic mass is 10.0. The lowest BCUT2D eigenvalue weighted by molar-refractivity contribution is 0.100. The van der Waals surface area contributed by atoms with Crippen molar-refractivity contribution in [1.82, 2.24) is 14.7 Å². The zero-order chi connectivity index (χ0) is 21.3. The summed E-state index contributed by atoms with van der Waals surface area (Å²) in [6, 6.07) is 15.5. The number of nitrogens with zero attached hydrogens (tertiary/aromatic N) is 3. The molecule has 4 rings (SSSR count). The van der Waals surface area contributed by atoms with Gasteiger partial charge in [-0.3, -0.25) is 14.4 Å². The van der Waals surface area contributed by atoms with Crippen LogP contribution in [0.25, 0.3) is 0 Å². The standard InChI is InChI=1S/C24H28N4O2/c1-16-23(17(2)27(3)26-16)22-5-4-14-28(22)15-18-6-10-20(11-7-18)30-21-12-8-19(9-13-21)24(25)29/h6-13,22H,4-5,14-15H2,1-3H3,(H2,25,29)/t22-/m0/s1. The molecule has 156 valence electrons. The second-order valence-corrected chi connectivity index (χ2v) is 7.97. The molecule has 3 aromatic rings. The van der Waals surface area contributed by atoms with Crippen LogP contribution in [-0.4, -0.2) is 27.1 Å². The van der Waals surface area contributed by atoms with Gasteiger partial charge in [-0.25, -0.2) is 0 Å². The summed E-state index contributed by atoms with van der Waals surface area (Å²) >= 11 is 0. The number of hydrogen-bond acceptors (Lipinski definition) is 4. The van der Waals surface area contributed by atoms with Crippen molar-refractivity contribution in [2.24, 2.45) is 12.8 Å². The molecule has 1 aliphatic heterocycles. The number of nitrogens with two attached hydrogens (primary N) is 1. The summed E-state index contributed by atoms with van der Waals surface area (Å²) in [5.74, 6) is 1.00. The topological polar surface area (TPSA) is 73.4 Å². The predicted molar refractivity (Wildman–Crippen MR) is 117 cm³/mol. The third-order valence-electron chi connectivity index (χ3n) is 5.95. The van der Waals surface area contributed by atoms with Gasteiger partial charge in [-0.1, -0.05) is 12.1 Å². The molecule has 30 heavy (non-hydrogen) atoms. The second kappa shape index (κ2) is 8.32. The summed E-state index contributed by atoms with van der Waals surface area (Å²) in [6.07, 6.45) is 2.39. The van der Waals surface area contributed by atoms with Gasteiger partial charge < -0.3 is 10.5 Å². The lowest BCUT2D eigenvalue weighted by Crippen LogP contribution is -2.23. The molecule has 1 amide bonds. The zero-order valence-electron chi connectivity index (χ0n) is 17.8. The average Bonchev–Trinajstić information content (AvgIpc) is 3.27. The minimum absolute atomic E-state index is 0.429. The first kappa shape index (κ1) is 20.2. The number of aryl methyl sites for hydroxylation is 2. The first-order chi connectivity index (χ1) is 14.4. The highest BCUT2D eigenvalue weighted by atomic mass is 16.5. The lowest BCUT2D eigenvalue weighted by Gasteiger charge is -2.25. The van der Waals surface area contributed by atoms with Crippen molar-refractivity contribution in [3.63, 3.8) is 0 Å². The SMILES string of the molecule is Cc1nn(C)c(C)c1[C@@H]1CCCN1Cc1ccc(Oc2ccc(C(N)=O)cc2)cc1. The van der Waals surface area contributed by atoms with Crippen LogP contribution in [0.1, 0.15) is 51.8 Å². The molecule has 1 atom stereocenters. The molecule has 0 saturated carbocycles. The highest BCUT2D eigenvalue weighted by Crippen LogP contribution is 2.36. The Kier molecular flexibility index (Phi) is 5.59. The van der Waals surface area contributed by atoms with E-state index in [4.69, 9.17) is 10.5 Å². The van der Waals surface area contributed by atoms with Gasteiger partial charge in [0.25, 0.3) is 0 Å². The van der Waals surface area contributed by atoms with E-state index in [1.54, 1.807) is 24.3 Å². The molecular formula is C24H28N4O2. The van der Waals surface area contributed by atoms with E-state index in [0.717, 1.165) is 24.5 Å². The third-order valence-corrected chi connectivity index (χ3v) is 5.95. The van der Waals surface area contributed by atoms with Gasteiger partial charge in [0, 0.05) is 36.5 Å². The Morgan fingerprint density at radius 3 is 2.30 bits per heavy atom. The number of amides is 1. The number of aromatic nitrogens is 2. The minimum atomic E-state index is -0.442. The van der Waals surface area contributed by atoms with Crippen LogP contribution in [-0.2, 0) is 13.6 Å². The van der Waals surface area contributed by atoms with Gasteiger partial charge in [0.05, 0.1) is 5.69 Å². The van der Waals surface area contributed by atoms with Crippen molar-refractivity contribution in [2.45, 2.75) is 39.3 Å². The molecule has 2 heterocycles. The first-order valence-electron chi connectivity index (χ1n) is 10.3. The normalized spacial score (nSPS) is 16.7. The summed E-state index contributed by atoms with van der Waals surface area (Å²) in [4.78, 5) is 13.7. The highest BCUT2D eigenvalue weighted by molar-refractivity contribution is 5.92. The van der Waals surface area contributed by atoms with Crippen LogP contribution in [0.3, 0.4) is 0 Å². The van der Waals surface area contributed by atoms with Crippen molar-refractivity contribution >= 4 is 5.91 Å². The highest BCUT2D eigenvalue weighted by Gasteiger charge is 2.30. The van der Waals surface area contributed by atoms with Crippen LogP contribution in [0.4, 0.5) is 0 Å². The summed E-state index contributed by atoms with van der Waals surface area (Å²) < 4.78 is 7.88. The number of hydrogen-bond donors (Lipinski definition) is 1. The molecule has 6 heteroatoms. The van der Waals surface area contributed by atoms with Crippen LogP contribution in [0.15, 0.2) is 48.5 Å². The van der Waals surface area contributed by atoms with Gasteiger partial charge in [0.1, 0.15) is 11.5 Å². The van der Waals surface area contributed by atoms with E-state index in [9.17, 15) is 4.79 Å². The molecule has 0 radical (unpaired) electrons. The van der Waals surface area contributed by atoms with E-state index in [0.29, 0.717) is 17.4 Å². The van der Waals surface area contributed by atoms with Gasteiger partial charge in [-0.15, -0.1) is 0 Å². The largest absolute Gasteiger partial charge is 0.457 e. The summed E-state index contributed by atoms with van der Waals surface area (Å²) in [7, 11) is 2.02. The molecule has 6 nitrogen and oxygen atoms in total. The Balaban J connectivity index is 1.43. The number of rotatable bonds is 6. The van der Waals surface area contributed by atoms with E-state index < -0.39 is 5.91 Å². The van der Waals surface area contributed by atoms with Crippen LogP contribution in [0.2, 0.25) is 0 Å². The number of benzene rings is 2. The van der Waals surface area contributed by atoms with Gasteiger partial charge >= 0.3 is 0 Å². The molecule has 0 spiro atoms. The van der Waals surface area contributed by atoms with Crippen LogP contribution in [0, 0.1) is 13.8 Å². The van der Waals surface area contributed by atoms with Gasteiger partial charge in [0.15, 0.2) is 0 Å². The summed E-state index contributed by atoms with van der Waals surface area (Å²) in [5, 5.41) is 4.61. The van der Waals surface area contributed by atoms with E-state index >= 15 is 0 Å². The van der Waals surface area contributed by atoms with E-state index in [1.165, 1.54) is 29.7 Å². The van der Waals surface area contributed by atoms with E-state index in [2.05, 4.69) is 36.0 Å². The Bertz CT molecular complexity index is 1040. The molecule has 2 N–H and O–H groups in total. The van der Waals surface area contributed by atoms with Crippen molar-refractivity contribution in [3.8, 4) is 11.5 Å². The predicted octanol–water partition coefficient (Wildman–Crippen LogP) is 4.27. The molecule has 0 unspecified atom stereocenters. The van der Waals surface area contributed by atoms with Gasteiger partial charge in [-0.2, -0.15) is 5.10 Å². The maximum Gasteiger partial charge on any atom is 0.248 e. The molecule has 1 saturated heterocycles. The Morgan fingerprint density at radius 1 is 1.10 bits per heavy atom. The molecule has 1 aromatic heterocycles. The fourth-order valence-corrected chi connectivity index (χ4v) is 4.34. The quantitative estimate of drug-likeness (QED) is 0.666. The van der Waals surface area contributed by atoms with Crippen LogP contribution >= 0.6 is 0 Å². The molecule has 0 bridgehead atoms. The molecular weight excluding hydrogens is 376 g/mol. The number of carbonyl (C=O) groups is 1. The van der Waals surface area contributed by atoms with Crippen molar-refractivity contribution < 1.29 is 9.53 Å². The maximum absolute atomic E-state index is 11.2. The number of primary amides is 1. The Morgan fingerprint density at radius 2 is 1.73 bits per heavy atom. The molecule has 0 aliphatic carbocycles. The monoisotopic (exact) mass is 404 g/mol. The summed E-state index contributed by atoms with van der Waals surface area (Å²) in [6.45, 7) is 6.28. The van der Waals surface area contributed by atoms with Gasteiger partial charge in [-0.05, 0) is 75.2 Å². The number of carbonyl (C=O) groups excluding carboxylic acids is 1. The van der Waals surface area contributed by atoms with Gasteiger partial charge in [0.2, 0.25) is 5.91 Å². The molecule has 2 aromatic carbocycles. The van der Waals surface area contributed by atoms with E-state index in [-0.39, 0.29) is 0 Å². The summed E-state index contributed by atoms with van der Waals surface area (Å²) in [5.41, 5.74) is 10.8. The Labute approximate surface area is 177 Å². The first-order valence-corrected chi connectivity index (χ1v) is 10.3. The fourth-order valence-electron chi connectivity index (χ4n) is 4.34. The van der Waals surface area contributed by atoms with E-state index in [1.807, 2.05) is 23.9 Å². The number of likely N-dealkylation sites (tertiary alicyclic amines) is 1. The fraction of sp³-hybridized carbons (Fsp3) is 0.333. The van der Waals surface area contributed by atoms with Crippen molar-refractivity contribution in [3.05, 3.63) is 76.6 Å². The number of ether oxygens (including phenoxy) is 1. The van der Waals surface area contributed by atoms with Crippen LogP contribution < -0.4 is 10.5 Å². The second-order valence-electron chi connectivity index (χ2n) is 7.97. The zero-order valence-corrected chi connectivity index (χ0v) is 17.8. The molecule has 1 aliphatic rings. The maximum atomic E-state index is 11.2. The minimum Gasteiger partial charge on any atom is -0.457 e. The van der Waals surface area contributed by atoms with Crippen molar-refractivity contribution in [2.75, 3.05) is 6.54 Å². The average molecular weight is 405 g/mol. The van der Waals surface area contributed by atoms with Crippen LogP contribution in [0.5, 0.6) is 11.5 Å².